The number of ether oxygens (including phenoxy) is 1. The highest BCUT2D eigenvalue weighted by Gasteiger charge is 2.19. The summed E-state index contributed by atoms with van der Waals surface area (Å²) in [6, 6.07) is 15.1. The predicted octanol–water partition coefficient (Wildman–Crippen LogP) is 4.33. The van der Waals surface area contributed by atoms with Crippen molar-refractivity contribution in [2.75, 3.05) is 13.2 Å². The van der Waals surface area contributed by atoms with E-state index in [4.69, 9.17) is 9.72 Å². The lowest BCUT2D eigenvalue weighted by Gasteiger charge is -2.16. The molecular weight excluding hydrogens is 394 g/mol. The van der Waals surface area contributed by atoms with E-state index in [1.54, 1.807) is 12.1 Å². The fraction of sp³-hybridized carbons (Fsp3) is 0.300. The van der Waals surface area contributed by atoms with Crippen LogP contribution in [0.4, 0.5) is 0 Å². The van der Waals surface area contributed by atoms with Gasteiger partial charge in [-0.05, 0) is 50.2 Å². The summed E-state index contributed by atoms with van der Waals surface area (Å²) in [6.07, 6.45) is 0. The summed E-state index contributed by atoms with van der Waals surface area (Å²) in [6.45, 7) is 5.92. The van der Waals surface area contributed by atoms with Gasteiger partial charge in [0.25, 0.3) is 5.91 Å². The van der Waals surface area contributed by atoms with Crippen LogP contribution in [0, 0.1) is 0 Å². The topological polar surface area (TPSA) is 56.1 Å². The van der Waals surface area contributed by atoms with Gasteiger partial charge in [0.1, 0.15) is 5.82 Å². The molecule has 0 saturated heterocycles. The smallest absolute Gasteiger partial charge is 0.251 e. The normalized spacial score (nSPS) is 12.3. The molecule has 1 aromatic heterocycles. The maximum atomic E-state index is 12.5. The van der Waals surface area contributed by atoms with Gasteiger partial charge in [0, 0.05) is 23.2 Å². The molecular formula is C20H22BrN3O2. The number of rotatable bonds is 7. The van der Waals surface area contributed by atoms with Crippen LogP contribution < -0.4 is 5.32 Å². The quantitative estimate of drug-likeness (QED) is 0.584. The Morgan fingerprint density at radius 3 is 2.69 bits per heavy atom. The van der Waals surface area contributed by atoms with Gasteiger partial charge in [-0.15, -0.1) is 0 Å². The molecule has 1 unspecified atom stereocenters. The summed E-state index contributed by atoms with van der Waals surface area (Å²) < 4.78 is 8.58. The van der Waals surface area contributed by atoms with E-state index in [-0.39, 0.29) is 11.9 Å². The van der Waals surface area contributed by atoms with Crippen LogP contribution in [0.3, 0.4) is 0 Å². The first-order valence-electron chi connectivity index (χ1n) is 8.69. The monoisotopic (exact) mass is 415 g/mol. The predicted molar refractivity (Wildman–Crippen MR) is 106 cm³/mol. The van der Waals surface area contributed by atoms with Crippen molar-refractivity contribution in [3.05, 3.63) is 64.4 Å². The van der Waals surface area contributed by atoms with E-state index in [1.807, 2.05) is 50.2 Å². The average Bonchev–Trinajstić information content (AvgIpc) is 3.01. The van der Waals surface area contributed by atoms with E-state index in [2.05, 4.69) is 25.8 Å². The number of carbonyl (C=O) groups excluding carboxylic acids is 1. The first kappa shape index (κ1) is 18.6. The molecule has 1 heterocycles. The number of benzene rings is 2. The minimum atomic E-state index is -0.222. The molecule has 3 aromatic rings. The zero-order chi connectivity index (χ0) is 18.5. The molecule has 3 rings (SSSR count). The third kappa shape index (κ3) is 4.14. The molecule has 0 aliphatic rings. The van der Waals surface area contributed by atoms with Gasteiger partial charge in [0.2, 0.25) is 0 Å². The van der Waals surface area contributed by atoms with Crippen LogP contribution in [0.15, 0.2) is 53.0 Å². The standard InChI is InChI=1S/C20H22BrN3O2/c1-3-26-13-12-24-18-7-5-4-6-17(18)23-19(24)14(2)22-20(25)15-8-10-16(21)11-9-15/h4-11,14H,3,12-13H2,1-2H3,(H,22,25). The van der Waals surface area contributed by atoms with Crippen molar-refractivity contribution in [1.29, 1.82) is 0 Å². The molecule has 5 nitrogen and oxygen atoms in total. The van der Waals surface area contributed by atoms with E-state index in [9.17, 15) is 4.79 Å². The summed E-state index contributed by atoms with van der Waals surface area (Å²) >= 11 is 3.38. The number of amides is 1. The maximum absolute atomic E-state index is 12.5. The van der Waals surface area contributed by atoms with Crippen LogP contribution in [-0.4, -0.2) is 28.7 Å². The summed E-state index contributed by atoms with van der Waals surface area (Å²) in [4.78, 5) is 17.3. The van der Waals surface area contributed by atoms with Crippen LogP contribution >= 0.6 is 15.9 Å². The highest BCUT2D eigenvalue weighted by atomic mass is 79.9. The second-order valence-corrected chi connectivity index (χ2v) is 6.92. The van der Waals surface area contributed by atoms with Crippen molar-refractivity contribution < 1.29 is 9.53 Å². The summed E-state index contributed by atoms with van der Waals surface area (Å²) in [7, 11) is 0. The average molecular weight is 416 g/mol. The minimum absolute atomic E-state index is 0.117. The van der Waals surface area contributed by atoms with Crippen molar-refractivity contribution >= 4 is 32.9 Å². The zero-order valence-corrected chi connectivity index (χ0v) is 16.5. The third-order valence-corrected chi connectivity index (χ3v) is 4.72. The molecule has 26 heavy (non-hydrogen) atoms. The molecule has 1 amide bonds. The van der Waals surface area contributed by atoms with Crippen molar-refractivity contribution in [3.8, 4) is 0 Å². The molecule has 2 aromatic carbocycles. The highest BCUT2D eigenvalue weighted by molar-refractivity contribution is 9.10. The molecule has 1 N–H and O–H groups in total. The fourth-order valence-electron chi connectivity index (χ4n) is 2.91. The molecule has 0 bridgehead atoms. The first-order chi connectivity index (χ1) is 12.6. The van der Waals surface area contributed by atoms with Crippen LogP contribution in [-0.2, 0) is 11.3 Å². The van der Waals surface area contributed by atoms with Gasteiger partial charge < -0.3 is 14.6 Å². The molecule has 0 aliphatic heterocycles. The van der Waals surface area contributed by atoms with Gasteiger partial charge in [0.05, 0.1) is 23.7 Å². The van der Waals surface area contributed by atoms with Crippen molar-refractivity contribution in [2.24, 2.45) is 0 Å². The maximum Gasteiger partial charge on any atom is 0.251 e. The number of para-hydroxylation sites is 2. The number of nitrogens with zero attached hydrogens (tertiary/aromatic N) is 2. The second kappa shape index (κ2) is 8.47. The van der Waals surface area contributed by atoms with Gasteiger partial charge in [-0.25, -0.2) is 4.98 Å². The molecule has 0 spiro atoms. The molecule has 0 aliphatic carbocycles. The van der Waals surface area contributed by atoms with Crippen LogP contribution in [0.25, 0.3) is 11.0 Å². The molecule has 6 heteroatoms. The van der Waals surface area contributed by atoms with Crippen LogP contribution in [0.2, 0.25) is 0 Å². The summed E-state index contributed by atoms with van der Waals surface area (Å²) in [5.41, 5.74) is 2.59. The molecule has 0 saturated carbocycles. The molecule has 136 valence electrons. The number of aromatic nitrogens is 2. The molecule has 0 fully saturated rings. The lowest BCUT2D eigenvalue weighted by Crippen LogP contribution is -2.29. The number of imidazole rings is 1. The number of nitrogens with one attached hydrogen (secondary N) is 1. The largest absolute Gasteiger partial charge is 0.380 e. The van der Waals surface area contributed by atoms with E-state index in [0.29, 0.717) is 25.3 Å². The number of fused-ring (bicyclic) bond motifs is 1. The van der Waals surface area contributed by atoms with Gasteiger partial charge >= 0.3 is 0 Å². The Bertz CT molecular complexity index is 890. The Morgan fingerprint density at radius 1 is 1.23 bits per heavy atom. The SMILES string of the molecule is CCOCCn1c(C(C)NC(=O)c2ccc(Br)cc2)nc2ccccc21. The van der Waals surface area contributed by atoms with Crippen LogP contribution in [0.5, 0.6) is 0 Å². The Kier molecular flexibility index (Phi) is 6.06. The first-order valence-corrected chi connectivity index (χ1v) is 9.48. The molecule has 0 radical (unpaired) electrons. The molecule has 1 atom stereocenters. The minimum Gasteiger partial charge on any atom is -0.380 e. The van der Waals surface area contributed by atoms with Crippen molar-refractivity contribution in [1.82, 2.24) is 14.9 Å². The number of hydrogen-bond donors (Lipinski definition) is 1. The van der Waals surface area contributed by atoms with Gasteiger partial charge in [-0.3, -0.25) is 4.79 Å². The van der Waals surface area contributed by atoms with E-state index in [0.717, 1.165) is 21.3 Å². The Balaban J connectivity index is 1.84. The van der Waals surface area contributed by atoms with E-state index >= 15 is 0 Å². The number of halogens is 1. The summed E-state index contributed by atoms with van der Waals surface area (Å²) in [5.74, 6) is 0.713. The van der Waals surface area contributed by atoms with Gasteiger partial charge in [-0.2, -0.15) is 0 Å². The lowest BCUT2D eigenvalue weighted by atomic mass is 10.2. The Labute approximate surface area is 161 Å². The second-order valence-electron chi connectivity index (χ2n) is 6.01. The van der Waals surface area contributed by atoms with E-state index < -0.39 is 0 Å². The van der Waals surface area contributed by atoms with Crippen LogP contribution in [0.1, 0.15) is 36.1 Å². The van der Waals surface area contributed by atoms with Crippen molar-refractivity contribution in [2.45, 2.75) is 26.4 Å². The van der Waals surface area contributed by atoms with Gasteiger partial charge in [0.15, 0.2) is 0 Å². The van der Waals surface area contributed by atoms with E-state index in [1.165, 1.54) is 0 Å². The Hall–Kier alpha value is -2.18. The zero-order valence-electron chi connectivity index (χ0n) is 14.9. The van der Waals surface area contributed by atoms with Crippen molar-refractivity contribution in [3.63, 3.8) is 0 Å². The summed E-state index contributed by atoms with van der Waals surface area (Å²) in [5, 5.41) is 3.05. The lowest BCUT2D eigenvalue weighted by molar-refractivity contribution is 0.0937. The Morgan fingerprint density at radius 2 is 1.96 bits per heavy atom. The number of carbonyl (C=O) groups is 1. The third-order valence-electron chi connectivity index (χ3n) is 4.19. The fourth-order valence-corrected chi connectivity index (χ4v) is 3.17. The number of hydrogen-bond acceptors (Lipinski definition) is 3. The highest BCUT2D eigenvalue weighted by Crippen LogP contribution is 2.21. The van der Waals surface area contributed by atoms with Gasteiger partial charge in [-0.1, -0.05) is 28.1 Å².